The van der Waals surface area contributed by atoms with Crippen molar-refractivity contribution in [3.63, 3.8) is 0 Å². The maximum atomic E-state index is 12.1. The fourth-order valence-corrected chi connectivity index (χ4v) is 2.76. The molecule has 0 aliphatic heterocycles. The monoisotopic (exact) mass is 369 g/mol. The van der Waals surface area contributed by atoms with Gasteiger partial charge in [-0.15, -0.1) is 0 Å². The molecule has 0 bridgehead atoms. The van der Waals surface area contributed by atoms with Gasteiger partial charge >= 0.3 is 5.56 Å². The first-order valence-electron chi connectivity index (χ1n) is 8.21. The number of ether oxygens (including phenoxy) is 1. The summed E-state index contributed by atoms with van der Waals surface area (Å²) in [6.45, 7) is 4.51. The number of aryl methyl sites for hydroxylation is 1. The third kappa shape index (κ3) is 3.89. The smallest absolute Gasteiger partial charge is 0.316 e. The molecule has 0 atom stereocenters. The molecule has 3 aromatic rings. The van der Waals surface area contributed by atoms with Crippen LogP contribution in [-0.4, -0.2) is 16.7 Å². The summed E-state index contributed by atoms with van der Waals surface area (Å²) in [4.78, 5) is 16.3. The highest BCUT2D eigenvalue weighted by Gasteiger charge is 2.11. The van der Waals surface area contributed by atoms with Crippen LogP contribution in [0.1, 0.15) is 16.7 Å². The second-order valence-electron chi connectivity index (χ2n) is 6.09. The molecule has 0 spiro atoms. The molecule has 0 fully saturated rings. The number of anilines is 2. The number of hydrogen-bond donors (Lipinski definition) is 1. The van der Waals surface area contributed by atoms with E-state index in [1.165, 1.54) is 12.7 Å². The van der Waals surface area contributed by atoms with Crippen molar-refractivity contribution >= 4 is 23.2 Å². The molecule has 1 aromatic heterocycles. The highest BCUT2D eigenvalue weighted by molar-refractivity contribution is 6.31. The van der Waals surface area contributed by atoms with E-state index in [9.17, 15) is 4.79 Å². The Balaban J connectivity index is 2.02. The number of nitrogens with one attached hydrogen (secondary N) is 1. The summed E-state index contributed by atoms with van der Waals surface area (Å²) >= 11 is 6.19. The molecule has 26 heavy (non-hydrogen) atoms. The van der Waals surface area contributed by atoms with E-state index in [1.54, 1.807) is 6.20 Å². The lowest BCUT2D eigenvalue weighted by molar-refractivity contribution is 0.402. The van der Waals surface area contributed by atoms with E-state index in [0.29, 0.717) is 17.5 Å². The lowest BCUT2D eigenvalue weighted by Gasteiger charge is -2.16. The molecule has 3 rings (SSSR count). The van der Waals surface area contributed by atoms with Gasteiger partial charge in [-0.25, -0.2) is 0 Å². The van der Waals surface area contributed by atoms with Gasteiger partial charge in [0.05, 0.1) is 19.9 Å². The molecule has 0 amide bonds. The summed E-state index contributed by atoms with van der Waals surface area (Å²) in [6, 6.07) is 13.8. The number of halogens is 1. The summed E-state index contributed by atoms with van der Waals surface area (Å²) in [6.07, 6.45) is 1.66. The van der Waals surface area contributed by atoms with Crippen LogP contribution in [0, 0.1) is 13.8 Å². The van der Waals surface area contributed by atoms with Crippen LogP contribution >= 0.6 is 11.6 Å². The third-order valence-corrected chi connectivity index (χ3v) is 4.58. The van der Waals surface area contributed by atoms with Gasteiger partial charge in [0.2, 0.25) is 11.7 Å². The summed E-state index contributed by atoms with van der Waals surface area (Å²) in [7, 11) is 1.46. The Morgan fingerprint density at radius 3 is 2.58 bits per heavy atom. The van der Waals surface area contributed by atoms with Crippen LogP contribution < -0.4 is 15.6 Å². The summed E-state index contributed by atoms with van der Waals surface area (Å²) < 4.78 is 7.00. The zero-order chi connectivity index (χ0) is 18.7. The Kier molecular flexibility index (Phi) is 5.28. The van der Waals surface area contributed by atoms with Crippen LogP contribution in [-0.2, 0) is 6.54 Å². The highest BCUT2D eigenvalue weighted by atomic mass is 35.5. The molecule has 2 aromatic carbocycles. The van der Waals surface area contributed by atoms with Gasteiger partial charge in [0.25, 0.3) is 0 Å². The average molecular weight is 370 g/mol. The van der Waals surface area contributed by atoms with Crippen molar-refractivity contribution in [2.24, 2.45) is 0 Å². The van der Waals surface area contributed by atoms with Crippen molar-refractivity contribution < 1.29 is 4.74 Å². The molecule has 0 radical (unpaired) electrons. The van der Waals surface area contributed by atoms with Crippen LogP contribution in [0.15, 0.2) is 53.5 Å². The van der Waals surface area contributed by atoms with E-state index in [2.05, 4.69) is 22.4 Å². The molecule has 134 valence electrons. The second-order valence-corrected chi connectivity index (χ2v) is 6.50. The summed E-state index contributed by atoms with van der Waals surface area (Å²) in [5.41, 5.74) is 3.55. The van der Waals surface area contributed by atoms with Crippen molar-refractivity contribution in [3.8, 4) is 5.75 Å². The van der Waals surface area contributed by atoms with Crippen molar-refractivity contribution in [2.75, 3.05) is 12.4 Å². The fraction of sp³-hybridized carbons (Fsp3) is 0.200. The molecule has 0 saturated heterocycles. The molecule has 0 aliphatic carbocycles. The first-order valence-corrected chi connectivity index (χ1v) is 8.59. The number of nitrogens with zero attached hydrogens (tertiary/aromatic N) is 2. The molecular formula is C20H20ClN3O2. The topological polar surface area (TPSA) is 56.1 Å². The van der Waals surface area contributed by atoms with Crippen molar-refractivity contribution in [1.82, 2.24) is 9.55 Å². The summed E-state index contributed by atoms with van der Waals surface area (Å²) in [5.74, 6) is 0.632. The number of aromatic nitrogens is 2. The third-order valence-electron chi connectivity index (χ3n) is 4.17. The zero-order valence-electron chi connectivity index (χ0n) is 14.9. The normalized spacial score (nSPS) is 10.6. The minimum absolute atomic E-state index is 0.200. The van der Waals surface area contributed by atoms with Crippen molar-refractivity contribution in [3.05, 3.63) is 80.7 Å². The van der Waals surface area contributed by atoms with Crippen LogP contribution in [0.3, 0.4) is 0 Å². The maximum absolute atomic E-state index is 12.1. The Labute approximate surface area is 157 Å². The number of hydrogen-bond acceptors (Lipinski definition) is 4. The zero-order valence-corrected chi connectivity index (χ0v) is 15.7. The summed E-state index contributed by atoms with van der Waals surface area (Å²) in [5, 5.41) is 3.87. The standard InChI is InChI=1S/C20H20ClN3O2/c1-13-7-9-15(10-8-13)11-24-12-18(26-3)19(25)23-20(24)22-17-6-4-5-16(21)14(17)2/h4-10,12H,11H2,1-3H3,(H,22,23,25). The Morgan fingerprint density at radius 2 is 1.88 bits per heavy atom. The lowest BCUT2D eigenvalue weighted by atomic mass is 10.1. The molecule has 0 saturated carbocycles. The molecule has 6 heteroatoms. The Morgan fingerprint density at radius 1 is 1.15 bits per heavy atom. The first kappa shape index (κ1) is 18.0. The molecule has 1 heterocycles. The predicted molar refractivity (Wildman–Crippen MR) is 105 cm³/mol. The minimum atomic E-state index is -0.421. The van der Waals surface area contributed by atoms with E-state index < -0.39 is 5.56 Å². The van der Waals surface area contributed by atoms with Crippen molar-refractivity contribution in [1.29, 1.82) is 0 Å². The number of rotatable bonds is 5. The van der Waals surface area contributed by atoms with E-state index >= 15 is 0 Å². The molecule has 1 N–H and O–H groups in total. The van der Waals surface area contributed by atoms with E-state index in [-0.39, 0.29) is 5.75 Å². The van der Waals surface area contributed by atoms with Crippen molar-refractivity contribution in [2.45, 2.75) is 20.4 Å². The average Bonchev–Trinajstić information content (AvgIpc) is 2.63. The largest absolute Gasteiger partial charge is 0.490 e. The van der Waals surface area contributed by atoms with Crippen LogP contribution in [0.25, 0.3) is 0 Å². The Hall–Kier alpha value is -2.79. The van der Waals surface area contributed by atoms with Gasteiger partial charge in [-0.3, -0.25) is 4.79 Å². The number of benzene rings is 2. The van der Waals surface area contributed by atoms with E-state index in [1.807, 2.05) is 48.7 Å². The van der Waals surface area contributed by atoms with Gasteiger partial charge in [-0.2, -0.15) is 4.98 Å². The number of methoxy groups -OCH3 is 1. The van der Waals surface area contributed by atoms with E-state index in [4.69, 9.17) is 16.3 Å². The molecule has 0 unspecified atom stereocenters. The van der Waals surface area contributed by atoms with Crippen LogP contribution in [0.5, 0.6) is 5.75 Å². The van der Waals surface area contributed by atoms with Gasteiger partial charge < -0.3 is 14.6 Å². The molecular weight excluding hydrogens is 350 g/mol. The van der Waals surface area contributed by atoms with Crippen LogP contribution in [0.4, 0.5) is 11.6 Å². The van der Waals surface area contributed by atoms with Gasteiger partial charge in [0.15, 0.2) is 0 Å². The van der Waals surface area contributed by atoms with E-state index in [0.717, 1.165) is 16.8 Å². The lowest BCUT2D eigenvalue weighted by Crippen LogP contribution is -2.19. The first-order chi connectivity index (χ1) is 12.5. The predicted octanol–water partition coefficient (Wildman–Crippen LogP) is 4.31. The quantitative estimate of drug-likeness (QED) is 0.728. The van der Waals surface area contributed by atoms with Gasteiger partial charge in [0, 0.05) is 10.7 Å². The fourth-order valence-electron chi connectivity index (χ4n) is 2.59. The van der Waals surface area contributed by atoms with Gasteiger partial charge in [-0.1, -0.05) is 47.5 Å². The Bertz CT molecular complexity index is 981. The van der Waals surface area contributed by atoms with Gasteiger partial charge in [-0.05, 0) is 37.1 Å². The molecule has 5 nitrogen and oxygen atoms in total. The SMILES string of the molecule is COc1cn(Cc2ccc(C)cc2)c(Nc2cccc(Cl)c2C)nc1=O. The molecule has 0 aliphatic rings. The van der Waals surface area contributed by atoms with Gasteiger partial charge in [0.1, 0.15) is 0 Å². The highest BCUT2D eigenvalue weighted by Crippen LogP contribution is 2.26. The van der Waals surface area contributed by atoms with Crippen LogP contribution in [0.2, 0.25) is 5.02 Å². The minimum Gasteiger partial charge on any atom is -0.490 e. The maximum Gasteiger partial charge on any atom is 0.316 e. The second kappa shape index (κ2) is 7.62.